The number of benzene rings is 3. The van der Waals surface area contributed by atoms with Crippen LogP contribution < -0.4 is 4.90 Å². The Morgan fingerprint density at radius 1 is 1.04 bits per heavy atom. The molecule has 5 rings (SSSR count). The Kier molecular flexibility index (Phi) is 3.64. The van der Waals surface area contributed by atoms with E-state index in [2.05, 4.69) is 42.5 Å². The van der Waals surface area contributed by atoms with Gasteiger partial charge in [0.2, 0.25) is 5.91 Å². The number of carbonyl (C=O) groups is 1. The minimum atomic E-state index is -0.253. The van der Waals surface area contributed by atoms with E-state index in [1.54, 1.807) is 6.92 Å². The molecule has 1 amide bonds. The maximum atomic E-state index is 13.5. The Bertz CT molecular complexity index is 1070. The van der Waals surface area contributed by atoms with Crippen molar-refractivity contribution in [2.75, 3.05) is 4.90 Å². The lowest BCUT2D eigenvalue weighted by atomic mass is 9.74. The van der Waals surface area contributed by atoms with Crippen molar-refractivity contribution in [1.82, 2.24) is 0 Å². The molecular formula is C24H20FNO. The second-order valence-corrected chi connectivity index (χ2v) is 7.46. The van der Waals surface area contributed by atoms with Crippen molar-refractivity contribution in [3.8, 4) is 0 Å². The molecule has 0 spiro atoms. The standard InChI is InChI=1S/C24H20FNO/c1-15(27)26-22-14-11-16-5-2-3-6-19(16)23(22)20-7-4-8-21(20)24(26)17-9-12-18(25)13-10-17/h2-7,9-14,20-21,24H,8H2,1H3/t20-,21-,24-/m1/s1. The van der Waals surface area contributed by atoms with Crippen LogP contribution in [0.25, 0.3) is 10.8 Å². The van der Waals surface area contributed by atoms with Gasteiger partial charge in [0.25, 0.3) is 0 Å². The largest absolute Gasteiger partial charge is 0.305 e. The lowest BCUT2D eigenvalue weighted by molar-refractivity contribution is -0.117. The monoisotopic (exact) mass is 357 g/mol. The predicted molar refractivity (Wildman–Crippen MR) is 106 cm³/mol. The molecule has 0 N–H and O–H groups in total. The molecule has 27 heavy (non-hydrogen) atoms. The first kappa shape index (κ1) is 16.2. The molecule has 0 unspecified atom stereocenters. The fraction of sp³-hybridized carbons (Fsp3) is 0.208. The third kappa shape index (κ3) is 2.42. The molecule has 3 aromatic carbocycles. The first-order valence-electron chi connectivity index (χ1n) is 9.39. The van der Waals surface area contributed by atoms with Crippen molar-refractivity contribution < 1.29 is 9.18 Å². The third-order valence-electron chi connectivity index (χ3n) is 5.99. The van der Waals surface area contributed by atoms with Crippen LogP contribution in [-0.2, 0) is 4.79 Å². The van der Waals surface area contributed by atoms with Gasteiger partial charge in [-0.1, -0.05) is 54.6 Å². The van der Waals surface area contributed by atoms with E-state index in [0.717, 1.165) is 17.7 Å². The van der Waals surface area contributed by atoms with E-state index in [9.17, 15) is 9.18 Å². The van der Waals surface area contributed by atoms with E-state index < -0.39 is 0 Å². The molecule has 0 aromatic heterocycles. The van der Waals surface area contributed by atoms with Crippen molar-refractivity contribution in [1.29, 1.82) is 0 Å². The predicted octanol–water partition coefficient (Wildman–Crippen LogP) is 5.75. The van der Waals surface area contributed by atoms with Gasteiger partial charge in [0, 0.05) is 18.5 Å². The Balaban J connectivity index is 1.78. The van der Waals surface area contributed by atoms with E-state index in [0.29, 0.717) is 0 Å². The van der Waals surface area contributed by atoms with Gasteiger partial charge < -0.3 is 4.90 Å². The molecule has 3 atom stereocenters. The van der Waals surface area contributed by atoms with Gasteiger partial charge in [-0.25, -0.2) is 4.39 Å². The fourth-order valence-corrected chi connectivity index (χ4v) is 4.91. The van der Waals surface area contributed by atoms with Gasteiger partial charge in [0.15, 0.2) is 0 Å². The first-order chi connectivity index (χ1) is 13.1. The van der Waals surface area contributed by atoms with Crippen LogP contribution in [0.5, 0.6) is 0 Å². The number of rotatable bonds is 1. The van der Waals surface area contributed by atoms with E-state index in [1.807, 2.05) is 23.1 Å². The summed E-state index contributed by atoms with van der Waals surface area (Å²) in [6, 6.07) is 19.0. The average molecular weight is 357 g/mol. The number of hydrogen-bond acceptors (Lipinski definition) is 1. The number of anilines is 1. The molecule has 3 heteroatoms. The molecule has 1 aliphatic heterocycles. The normalized spacial score (nSPS) is 23.3. The molecule has 1 aliphatic carbocycles. The second-order valence-electron chi connectivity index (χ2n) is 7.46. The summed E-state index contributed by atoms with van der Waals surface area (Å²) >= 11 is 0. The van der Waals surface area contributed by atoms with Crippen molar-refractivity contribution >= 4 is 22.4 Å². The van der Waals surface area contributed by atoms with Crippen LogP contribution in [0.2, 0.25) is 0 Å². The van der Waals surface area contributed by atoms with E-state index in [1.165, 1.54) is 28.5 Å². The van der Waals surface area contributed by atoms with Gasteiger partial charge in [0.1, 0.15) is 5.82 Å². The van der Waals surface area contributed by atoms with Gasteiger partial charge in [-0.05, 0) is 52.4 Å². The summed E-state index contributed by atoms with van der Waals surface area (Å²) in [5.41, 5.74) is 3.20. The molecule has 134 valence electrons. The minimum Gasteiger partial charge on any atom is -0.305 e. The highest BCUT2D eigenvalue weighted by molar-refractivity contribution is 6.00. The van der Waals surface area contributed by atoms with E-state index >= 15 is 0 Å². The molecule has 2 nitrogen and oxygen atoms in total. The van der Waals surface area contributed by atoms with Crippen LogP contribution >= 0.6 is 0 Å². The molecule has 3 aromatic rings. The maximum absolute atomic E-state index is 13.5. The SMILES string of the molecule is CC(=O)N1c2ccc3ccccc3c2[C@@H]2C=CC[C@H]2[C@H]1c1ccc(F)cc1. The van der Waals surface area contributed by atoms with Gasteiger partial charge >= 0.3 is 0 Å². The van der Waals surface area contributed by atoms with Crippen LogP contribution in [-0.4, -0.2) is 5.91 Å². The number of hydrogen-bond donors (Lipinski definition) is 0. The van der Waals surface area contributed by atoms with Gasteiger partial charge in [0.05, 0.1) is 6.04 Å². The number of halogens is 1. The van der Waals surface area contributed by atoms with Gasteiger partial charge in [-0.2, -0.15) is 0 Å². The highest BCUT2D eigenvalue weighted by Crippen LogP contribution is 2.54. The Hall–Kier alpha value is -2.94. The number of nitrogens with zero attached hydrogens (tertiary/aromatic N) is 1. The minimum absolute atomic E-state index is 0.0196. The summed E-state index contributed by atoms with van der Waals surface area (Å²) in [5, 5.41) is 2.40. The van der Waals surface area contributed by atoms with Crippen LogP contribution in [0, 0.1) is 11.7 Å². The number of allylic oxidation sites excluding steroid dienone is 2. The summed E-state index contributed by atoms with van der Waals surface area (Å²) in [4.78, 5) is 14.7. The number of amides is 1. The Morgan fingerprint density at radius 3 is 2.59 bits per heavy atom. The molecule has 0 radical (unpaired) electrons. The zero-order chi connectivity index (χ0) is 18.5. The van der Waals surface area contributed by atoms with Crippen molar-refractivity contribution in [3.63, 3.8) is 0 Å². The van der Waals surface area contributed by atoms with E-state index in [-0.39, 0.29) is 29.6 Å². The summed E-state index contributed by atoms with van der Waals surface area (Å²) in [6.45, 7) is 1.62. The molecule has 2 aliphatic rings. The Labute approximate surface area is 157 Å². The molecule has 0 bridgehead atoms. The zero-order valence-corrected chi connectivity index (χ0v) is 15.1. The molecule has 0 saturated heterocycles. The smallest absolute Gasteiger partial charge is 0.224 e. The van der Waals surface area contributed by atoms with Crippen LogP contribution in [0.4, 0.5) is 10.1 Å². The molecule has 0 saturated carbocycles. The third-order valence-corrected chi connectivity index (χ3v) is 5.99. The number of fused-ring (bicyclic) bond motifs is 5. The van der Waals surface area contributed by atoms with Crippen molar-refractivity contribution in [2.24, 2.45) is 5.92 Å². The van der Waals surface area contributed by atoms with Crippen LogP contribution in [0.15, 0.2) is 72.8 Å². The highest BCUT2D eigenvalue weighted by atomic mass is 19.1. The maximum Gasteiger partial charge on any atom is 0.224 e. The molecular weight excluding hydrogens is 337 g/mol. The lowest BCUT2D eigenvalue weighted by Gasteiger charge is -2.44. The summed E-state index contributed by atoms with van der Waals surface area (Å²) in [5.74, 6) is 0.289. The van der Waals surface area contributed by atoms with Crippen molar-refractivity contribution in [2.45, 2.75) is 25.3 Å². The van der Waals surface area contributed by atoms with Gasteiger partial charge in [-0.15, -0.1) is 0 Å². The highest BCUT2D eigenvalue weighted by Gasteiger charge is 2.44. The van der Waals surface area contributed by atoms with Crippen LogP contribution in [0.3, 0.4) is 0 Å². The quantitative estimate of drug-likeness (QED) is 0.508. The lowest BCUT2D eigenvalue weighted by Crippen LogP contribution is -2.42. The summed E-state index contributed by atoms with van der Waals surface area (Å²) in [7, 11) is 0. The van der Waals surface area contributed by atoms with Gasteiger partial charge in [-0.3, -0.25) is 4.79 Å². The first-order valence-corrected chi connectivity index (χ1v) is 9.39. The topological polar surface area (TPSA) is 20.3 Å². The fourth-order valence-electron chi connectivity index (χ4n) is 4.91. The zero-order valence-electron chi connectivity index (χ0n) is 15.1. The summed E-state index contributed by atoms with van der Waals surface area (Å²) < 4.78 is 13.5. The molecule has 0 fully saturated rings. The average Bonchev–Trinajstić information content (AvgIpc) is 3.16. The Morgan fingerprint density at radius 2 is 1.81 bits per heavy atom. The van der Waals surface area contributed by atoms with Crippen molar-refractivity contribution in [3.05, 3.63) is 89.8 Å². The van der Waals surface area contributed by atoms with E-state index in [4.69, 9.17) is 0 Å². The number of carbonyl (C=O) groups excluding carboxylic acids is 1. The van der Waals surface area contributed by atoms with Crippen LogP contribution in [0.1, 0.15) is 36.4 Å². The summed E-state index contributed by atoms with van der Waals surface area (Å²) in [6.07, 6.45) is 5.42. The molecule has 1 heterocycles. The second kappa shape index (κ2) is 6.05.